The van der Waals surface area contributed by atoms with Crippen molar-refractivity contribution in [3.05, 3.63) is 22.4 Å². The zero-order valence-electron chi connectivity index (χ0n) is 11.9. The SMILES string of the molecule is CCOC(=O)COCCNCC(C)(C)c1cccs1. The Hall–Kier alpha value is -0.910. The van der Waals surface area contributed by atoms with Gasteiger partial charge in [-0.25, -0.2) is 4.79 Å². The first kappa shape index (κ1) is 16.1. The van der Waals surface area contributed by atoms with Crippen molar-refractivity contribution >= 4 is 17.3 Å². The molecule has 1 aromatic rings. The van der Waals surface area contributed by atoms with Crippen LogP contribution < -0.4 is 5.32 Å². The van der Waals surface area contributed by atoms with Crippen LogP contribution in [0.2, 0.25) is 0 Å². The van der Waals surface area contributed by atoms with Crippen molar-refractivity contribution < 1.29 is 14.3 Å². The molecule has 108 valence electrons. The first-order chi connectivity index (χ1) is 9.06. The molecule has 19 heavy (non-hydrogen) atoms. The zero-order chi connectivity index (χ0) is 14.1. The first-order valence-corrected chi connectivity index (χ1v) is 7.42. The zero-order valence-corrected chi connectivity index (χ0v) is 12.7. The average Bonchev–Trinajstić information content (AvgIpc) is 2.88. The number of nitrogens with one attached hydrogen (secondary N) is 1. The summed E-state index contributed by atoms with van der Waals surface area (Å²) in [6, 6.07) is 4.23. The van der Waals surface area contributed by atoms with E-state index in [9.17, 15) is 4.79 Å². The molecule has 0 bridgehead atoms. The minimum absolute atomic E-state index is 0.0316. The second-order valence-electron chi connectivity index (χ2n) is 4.90. The lowest BCUT2D eigenvalue weighted by Crippen LogP contribution is -2.34. The second-order valence-corrected chi connectivity index (χ2v) is 5.84. The van der Waals surface area contributed by atoms with Crippen LogP contribution in [0.15, 0.2) is 17.5 Å². The lowest BCUT2D eigenvalue weighted by atomic mass is 9.91. The molecule has 0 aliphatic carbocycles. The van der Waals surface area contributed by atoms with Gasteiger partial charge in [0, 0.05) is 23.4 Å². The van der Waals surface area contributed by atoms with E-state index in [2.05, 4.69) is 36.7 Å². The van der Waals surface area contributed by atoms with Gasteiger partial charge in [0.05, 0.1) is 13.2 Å². The summed E-state index contributed by atoms with van der Waals surface area (Å²) in [5.41, 5.74) is 0.120. The highest BCUT2D eigenvalue weighted by atomic mass is 32.1. The second kappa shape index (κ2) is 8.30. The van der Waals surface area contributed by atoms with Crippen LogP contribution in [0.3, 0.4) is 0 Å². The van der Waals surface area contributed by atoms with Gasteiger partial charge in [-0.05, 0) is 18.4 Å². The van der Waals surface area contributed by atoms with E-state index < -0.39 is 0 Å². The summed E-state index contributed by atoms with van der Waals surface area (Å²) < 4.78 is 9.99. The van der Waals surface area contributed by atoms with Crippen LogP contribution in [-0.2, 0) is 19.7 Å². The first-order valence-electron chi connectivity index (χ1n) is 6.54. The Kier molecular flexibility index (Phi) is 7.05. The van der Waals surface area contributed by atoms with Gasteiger partial charge in [-0.3, -0.25) is 0 Å². The van der Waals surface area contributed by atoms with Crippen LogP contribution in [0.4, 0.5) is 0 Å². The highest BCUT2D eigenvalue weighted by Gasteiger charge is 2.20. The third-order valence-corrected chi connectivity index (χ3v) is 3.94. The molecular formula is C14H23NO3S. The molecule has 0 unspecified atom stereocenters. The van der Waals surface area contributed by atoms with E-state index in [-0.39, 0.29) is 18.0 Å². The fourth-order valence-corrected chi connectivity index (χ4v) is 2.51. The summed E-state index contributed by atoms with van der Waals surface area (Å²) in [7, 11) is 0. The fraction of sp³-hybridized carbons (Fsp3) is 0.643. The molecule has 0 aliphatic heterocycles. The number of rotatable bonds is 9. The molecule has 0 spiro atoms. The van der Waals surface area contributed by atoms with Crippen LogP contribution in [0.1, 0.15) is 25.6 Å². The molecule has 0 radical (unpaired) electrons. The van der Waals surface area contributed by atoms with Gasteiger partial charge in [-0.1, -0.05) is 19.9 Å². The number of ether oxygens (including phenoxy) is 2. The summed E-state index contributed by atoms with van der Waals surface area (Å²) in [5.74, 6) is -0.304. The minimum Gasteiger partial charge on any atom is -0.464 e. The van der Waals surface area contributed by atoms with Gasteiger partial charge in [0.1, 0.15) is 6.61 Å². The lowest BCUT2D eigenvalue weighted by molar-refractivity contribution is -0.148. The Bertz CT molecular complexity index is 363. The number of esters is 1. The molecule has 0 saturated carbocycles. The molecule has 0 aromatic carbocycles. The average molecular weight is 285 g/mol. The molecule has 0 saturated heterocycles. The van der Waals surface area contributed by atoms with Crippen molar-refractivity contribution in [1.82, 2.24) is 5.32 Å². The third kappa shape index (κ3) is 6.18. The van der Waals surface area contributed by atoms with Gasteiger partial charge in [-0.2, -0.15) is 0 Å². The largest absolute Gasteiger partial charge is 0.464 e. The van der Waals surface area contributed by atoms with Crippen LogP contribution in [0.25, 0.3) is 0 Å². The molecule has 0 atom stereocenters. The monoisotopic (exact) mass is 285 g/mol. The summed E-state index contributed by atoms with van der Waals surface area (Å²) in [4.78, 5) is 12.4. The van der Waals surface area contributed by atoms with Gasteiger partial charge >= 0.3 is 5.97 Å². The predicted molar refractivity (Wildman–Crippen MR) is 77.7 cm³/mol. The Morgan fingerprint density at radius 2 is 2.26 bits per heavy atom. The number of carbonyl (C=O) groups is 1. The van der Waals surface area contributed by atoms with E-state index in [4.69, 9.17) is 9.47 Å². The smallest absolute Gasteiger partial charge is 0.332 e. The molecule has 1 heterocycles. The van der Waals surface area contributed by atoms with Gasteiger partial charge in [0.15, 0.2) is 0 Å². The van der Waals surface area contributed by atoms with E-state index >= 15 is 0 Å². The van der Waals surface area contributed by atoms with E-state index in [0.717, 1.165) is 13.1 Å². The van der Waals surface area contributed by atoms with Crippen LogP contribution in [0.5, 0.6) is 0 Å². The van der Waals surface area contributed by atoms with Gasteiger partial charge in [-0.15, -0.1) is 11.3 Å². The topological polar surface area (TPSA) is 47.6 Å². The standard InChI is InChI=1S/C14H23NO3S/c1-4-18-13(16)10-17-8-7-15-11-14(2,3)12-6-5-9-19-12/h5-6,9,15H,4,7-8,10-11H2,1-3H3. The normalized spacial score (nSPS) is 11.5. The van der Waals surface area contributed by atoms with Crippen molar-refractivity contribution in [2.75, 3.05) is 32.9 Å². The van der Waals surface area contributed by atoms with Crippen molar-refractivity contribution in [2.45, 2.75) is 26.2 Å². The minimum atomic E-state index is -0.304. The summed E-state index contributed by atoms with van der Waals surface area (Å²) >= 11 is 1.78. The molecule has 5 heteroatoms. The molecule has 1 rings (SSSR count). The van der Waals surface area contributed by atoms with E-state index in [1.165, 1.54) is 4.88 Å². The maximum absolute atomic E-state index is 11.0. The third-order valence-electron chi connectivity index (χ3n) is 2.70. The fourth-order valence-electron chi connectivity index (χ4n) is 1.65. The van der Waals surface area contributed by atoms with Gasteiger partial charge < -0.3 is 14.8 Å². The Labute approximate surface area is 119 Å². The van der Waals surface area contributed by atoms with Crippen molar-refractivity contribution in [3.63, 3.8) is 0 Å². The van der Waals surface area contributed by atoms with Gasteiger partial charge in [0.2, 0.25) is 0 Å². The van der Waals surface area contributed by atoms with Crippen LogP contribution in [-0.4, -0.2) is 38.9 Å². The Morgan fingerprint density at radius 3 is 2.89 bits per heavy atom. The summed E-state index contributed by atoms with van der Waals surface area (Å²) in [6.45, 7) is 8.77. The maximum Gasteiger partial charge on any atom is 0.332 e. The lowest BCUT2D eigenvalue weighted by Gasteiger charge is -2.23. The highest BCUT2D eigenvalue weighted by Crippen LogP contribution is 2.26. The number of hydrogen-bond donors (Lipinski definition) is 1. The van der Waals surface area contributed by atoms with Crippen LogP contribution in [0, 0.1) is 0 Å². The Morgan fingerprint density at radius 1 is 1.47 bits per heavy atom. The molecule has 1 N–H and O–H groups in total. The molecular weight excluding hydrogens is 262 g/mol. The van der Waals surface area contributed by atoms with E-state index in [1.807, 2.05) is 0 Å². The predicted octanol–water partition coefficient (Wildman–Crippen LogP) is 2.20. The highest BCUT2D eigenvalue weighted by molar-refractivity contribution is 7.10. The van der Waals surface area contributed by atoms with E-state index in [1.54, 1.807) is 18.3 Å². The maximum atomic E-state index is 11.0. The number of thiophene rings is 1. The molecule has 0 fully saturated rings. The number of hydrogen-bond acceptors (Lipinski definition) is 5. The van der Waals surface area contributed by atoms with Crippen LogP contribution >= 0.6 is 11.3 Å². The van der Waals surface area contributed by atoms with Crippen molar-refractivity contribution in [1.29, 1.82) is 0 Å². The number of carbonyl (C=O) groups excluding carboxylic acids is 1. The molecule has 0 amide bonds. The Balaban J connectivity index is 2.09. The summed E-state index contributed by atoms with van der Waals surface area (Å²) in [5, 5.41) is 5.45. The van der Waals surface area contributed by atoms with Gasteiger partial charge in [0.25, 0.3) is 0 Å². The molecule has 1 aromatic heterocycles. The molecule has 0 aliphatic rings. The van der Waals surface area contributed by atoms with Crippen molar-refractivity contribution in [2.24, 2.45) is 0 Å². The van der Waals surface area contributed by atoms with Crippen molar-refractivity contribution in [3.8, 4) is 0 Å². The molecule has 4 nitrogen and oxygen atoms in total. The van der Waals surface area contributed by atoms with E-state index in [0.29, 0.717) is 13.2 Å². The quantitative estimate of drug-likeness (QED) is 0.558. The summed E-state index contributed by atoms with van der Waals surface area (Å²) in [6.07, 6.45) is 0.